The Balaban J connectivity index is 1.76. The Labute approximate surface area is 149 Å². The van der Waals surface area contributed by atoms with Gasteiger partial charge in [0.05, 0.1) is 0 Å². The fraction of sp³-hybridized carbons (Fsp3) is 0.333. The standard InChI is InChI=1S/C18H20BrN3O2/c19-14-3-5-15(6-4-14)24-17-16(2-1-9-21-17)18(23)22-10-7-13(12-20)8-11-22/h1-6,9,13H,7-8,10-12,20H2. The number of hydrogen-bond acceptors (Lipinski definition) is 4. The first-order valence-corrected chi connectivity index (χ1v) is 8.84. The van der Waals surface area contributed by atoms with Crippen LogP contribution in [0.15, 0.2) is 47.1 Å². The summed E-state index contributed by atoms with van der Waals surface area (Å²) in [5, 5.41) is 0. The summed E-state index contributed by atoms with van der Waals surface area (Å²) in [6.45, 7) is 2.15. The van der Waals surface area contributed by atoms with Crippen molar-refractivity contribution in [3.63, 3.8) is 0 Å². The third-order valence-corrected chi connectivity index (χ3v) is 4.79. The number of carbonyl (C=O) groups is 1. The predicted molar refractivity (Wildman–Crippen MR) is 96.1 cm³/mol. The van der Waals surface area contributed by atoms with Crippen molar-refractivity contribution in [1.82, 2.24) is 9.88 Å². The highest BCUT2D eigenvalue weighted by Crippen LogP contribution is 2.26. The maximum atomic E-state index is 12.8. The fourth-order valence-electron chi connectivity index (χ4n) is 2.79. The predicted octanol–water partition coefficient (Wildman–Crippen LogP) is 3.45. The van der Waals surface area contributed by atoms with Crippen molar-refractivity contribution in [2.45, 2.75) is 12.8 Å². The zero-order valence-electron chi connectivity index (χ0n) is 13.3. The Kier molecular flexibility index (Phi) is 5.48. The summed E-state index contributed by atoms with van der Waals surface area (Å²) in [5.74, 6) is 1.46. The number of rotatable bonds is 4. The van der Waals surface area contributed by atoms with E-state index >= 15 is 0 Å². The number of likely N-dealkylation sites (tertiary alicyclic amines) is 1. The van der Waals surface area contributed by atoms with Gasteiger partial charge in [0.1, 0.15) is 11.3 Å². The van der Waals surface area contributed by atoms with Crippen molar-refractivity contribution in [2.24, 2.45) is 11.7 Å². The van der Waals surface area contributed by atoms with E-state index in [1.165, 1.54) is 0 Å². The lowest BCUT2D eigenvalue weighted by Gasteiger charge is -2.31. The van der Waals surface area contributed by atoms with Crippen LogP contribution in [-0.4, -0.2) is 35.4 Å². The smallest absolute Gasteiger partial charge is 0.259 e. The van der Waals surface area contributed by atoms with E-state index in [9.17, 15) is 4.79 Å². The number of aromatic nitrogens is 1. The number of pyridine rings is 1. The van der Waals surface area contributed by atoms with E-state index in [2.05, 4.69) is 20.9 Å². The first kappa shape index (κ1) is 16.9. The molecule has 1 aromatic carbocycles. The van der Waals surface area contributed by atoms with Crippen LogP contribution in [0.5, 0.6) is 11.6 Å². The van der Waals surface area contributed by atoms with Crippen molar-refractivity contribution in [3.05, 3.63) is 52.6 Å². The van der Waals surface area contributed by atoms with E-state index in [0.717, 1.165) is 30.4 Å². The molecule has 1 aliphatic rings. The molecule has 1 fully saturated rings. The fourth-order valence-corrected chi connectivity index (χ4v) is 3.06. The number of amides is 1. The molecule has 3 rings (SSSR count). The molecule has 1 amide bonds. The summed E-state index contributed by atoms with van der Waals surface area (Å²) in [4.78, 5) is 18.9. The van der Waals surface area contributed by atoms with E-state index in [1.54, 1.807) is 18.3 Å². The van der Waals surface area contributed by atoms with Gasteiger partial charge >= 0.3 is 0 Å². The first-order chi connectivity index (χ1) is 11.7. The Hall–Kier alpha value is -1.92. The second-order valence-corrected chi connectivity index (χ2v) is 6.80. The average molecular weight is 390 g/mol. The third kappa shape index (κ3) is 3.94. The maximum absolute atomic E-state index is 12.8. The summed E-state index contributed by atoms with van der Waals surface area (Å²) in [7, 11) is 0. The van der Waals surface area contributed by atoms with Gasteiger partial charge in [0, 0.05) is 23.8 Å². The summed E-state index contributed by atoms with van der Waals surface area (Å²) >= 11 is 3.39. The van der Waals surface area contributed by atoms with Crippen LogP contribution in [0.1, 0.15) is 23.2 Å². The Morgan fingerprint density at radius 1 is 1.25 bits per heavy atom. The molecule has 1 aromatic heterocycles. The summed E-state index contributed by atoms with van der Waals surface area (Å²) in [6.07, 6.45) is 3.53. The van der Waals surface area contributed by atoms with Gasteiger partial charge in [-0.05, 0) is 61.7 Å². The molecule has 1 aliphatic heterocycles. The number of halogens is 1. The van der Waals surface area contributed by atoms with Crippen LogP contribution in [0.4, 0.5) is 0 Å². The van der Waals surface area contributed by atoms with Crippen LogP contribution in [0.3, 0.4) is 0 Å². The molecule has 0 spiro atoms. The molecule has 0 radical (unpaired) electrons. The van der Waals surface area contributed by atoms with Gasteiger partial charge in [-0.1, -0.05) is 15.9 Å². The topological polar surface area (TPSA) is 68.5 Å². The van der Waals surface area contributed by atoms with Crippen molar-refractivity contribution < 1.29 is 9.53 Å². The molecule has 0 unspecified atom stereocenters. The van der Waals surface area contributed by atoms with Gasteiger partial charge in [-0.2, -0.15) is 0 Å². The Morgan fingerprint density at radius 3 is 2.62 bits per heavy atom. The van der Waals surface area contributed by atoms with Crippen molar-refractivity contribution in [1.29, 1.82) is 0 Å². The molecule has 0 atom stereocenters. The van der Waals surface area contributed by atoms with E-state index in [1.807, 2.05) is 29.2 Å². The largest absolute Gasteiger partial charge is 0.438 e. The van der Waals surface area contributed by atoms with Crippen LogP contribution < -0.4 is 10.5 Å². The molecule has 6 heteroatoms. The van der Waals surface area contributed by atoms with Gasteiger partial charge < -0.3 is 15.4 Å². The minimum atomic E-state index is -0.0364. The minimum absolute atomic E-state index is 0.0364. The Morgan fingerprint density at radius 2 is 1.96 bits per heavy atom. The normalized spacial score (nSPS) is 15.3. The molecule has 5 nitrogen and oxygen atoms in total. The highest BCUT2D eigenvalue weighted by molar-refractivity contribution is 9.10. The maximum Gasteiger partial charge on any atom is 0.259 e. The molecular formula is C18H20BrN3O2. The van der Waals surface area contributed by atoms with Gasteiger partial charge in [0.2, 0.25) is 5.88 Å². The SMILES string of the molecule is NCC1CCN(C(=O)c2cccnc2Oc2ccc(Br)cc2)CC1. The number of nitrogens with two attached hydrogens (primary N) is 1. The van der Waals surface area contributed by atoms with Crippen LogP contribution in [0.2, 0.25) is 0 Å². The number of piperidine rings is 1. The minimum Gasteiger partial charge on any atom is -0.438 e. The first-order valence-electron chi connectivity index (χ1n) is 8.05. The lowest BCUT2D eigenvalue weighted by molar-refractivity contribution is 0.0690. The number of carbonyl (C=O) groups excluding carboxylic acids is 1. The zero-order valence-corrected chi connectivity index (χ0v) is 14.9. The van der Waals surface area contributed by atoms with Gasteiger partial charge in [-0.25, -0.2) is 4.98 Å². The van der Waals surface area contributed by atoms with Crippen LogP contribution >= 0.6 is 15.9 Å². The summed E-state index contributed by atoms with van der Waals surface area (Å²) in [6, 6.07) is 11.0. The average Bonchev–Trinajstić information content (AvgIpc) is 2.63. The lowest BCUT2D eigenvalue weighted by Crippen LogP contribution is -2.40. The molecule has 0 bridgehead atoms. The molecule has 0 aliphatic carbocycles. The monoisotopic (exact) mass is 389 g/mol. The van der Waals surface area contributed by atoms with E-state index in [-0.39, 0.29) is 5.91 Å². The third-order valence-electron chi connectivity index (χ3n) is 4.26. The number of benzene rings is 1. The molecule has 126 valence electrons. The molecule has 2 aromatic rings. The molecular weight excluding hydrogens is 370 g/mol. The van der Waals surface area contributed by atoms with Crippen molar-refractivity contribution in [3.8, 4) is 11.6 Å². The molecule has 2 N–H and O–H groups in total. The van der Waals surface area contributed by atoms with Gasteiger partial charge in [0.15, 0.2) is 0 Å². The van der Waals surface area contributed by atoms with E-state index in [4.69, 9.17) is 10.5 Å². The molecule has 0 saturated carbocycles. The van der Waals surface area contributed by atoms with Gasteiger partial charge in [0.25, 0.3) is 5.91 Å². The van der Waals surface area contributed by atoms with Crippen LogP contribution in [0.25, 0.3) is 0 Å². The van der Waals surface area contributed by atoms with E-state index < -0.39 is 0 Å². The van der Waals surface area contributed by atoms with Crippen LogP contribution in [-0.2, 0) is 0 Å². The zero-order chi connectivity index (χ0) is 16.9. The van der Waals surface area contributed by atoms with E-state index in [0.29, 0.717) is 29.7 Å². The number of ether oxygens (including phenoxy) is 1. The lowest BCUT2D eigenvalue weighted by atomic mass is 9.97. The second-order valence-electron chi connectivity index (χ2n) is 5.88. The van der Waals surface area contributed by atoms with Crippen molar-refractivity contribution >= 4 is 21.8 Å². The number of nitrogens with zero attached hydrogens (tertiary/aromatic N) is 2. The van der Waals surface area contributed by atoms with Crippen molar-refractivity contribution in [2.75, 3.05) is 19.6 Å². The summed E-state index contributed by atoms with van der Waals surface area (Å²) < 4.78 is 6.79. The highest BCUT2D eigenvalue weighted by Gasteiger charge is 2.25. The molecule has 2 heterocycles. The Bertz CT molecular complexity index is 698. The van der Waals surface area contributed by atoms with Crippen LogP contribution in [0, 0.1) is 5.92 Å². The molecule has 24 heavy (non-hydrogen) atoms. The summed E-state index contributed by atoms with van der Waals surface area (Å²) in [5.41, 5.74) is 6.21. The highest BCUT2D eigenvalue weighted by atomic mass is 79.9. The second kappa shape index (κ2) is 7.77. The van der Waals surface area contributed by atoms with Gasteiger partial charge in [-0.15, -0.1) is 0 Å². The molecule has 1 saturated heterocycles. The quantitative estimate of drug-likeness (QED) is 0.869. The van der Waals surface area contributed by atoms with Gasteiger partial charge in [-0.3, -0.25) is 4.79 Å². The number of hydrogen-bond donors (Lipinski definition) is 1.